The van der Waals surface area contributed by atoms with E-state index >= 15 is 0 Å². The van der Waals surface area contributed by atoms with Crippen LogP contribution in [0.15, 0.2) is 66.7 Å². The zero-order chi connectivity index (χ0) is 20.2. The number of rotatable bonds is 5. The lowest BCUT2D eigenvalue weighted by Crippen LogP contribution is -2.38. The normalized spacial score (nSPS) is 15.1. The van der Waals surface area contributed by atoms with Crippen LogP contribution in [0.4, 0.5) is 5.69 Å². The zero-order valence-corrected chi connectivity index (χ0v) is 16.6. The molecule has 148 valence electrons. The number of methoxy groups -OCH3 is 1. The van der Waals surface area contributed by atoms with Crippen LogP contribution < -0.4 is 20.1 Å². The molecule has 2 aromatic rings. The van der Waals surface area contributed by atoms with Crippen molar-refractivity contribution in [1.29, 1.82) is 0 Å². The molecule has 0 fully saturated rings. The van der Waals surface area contributed by atoms with E-state index in [1.807, 2.05) is 43.3 Å². The van der Waals surface area contributed by atoms with E-state index in [4.69, 9.17) is 9.47 Å². The second-order valence-corrected chi connectivity index (χ2v) is 6.90. The Morgan fingerprint density at radius 2 is 1.62 bits per heavy atom. The van der Waals surface area contributed by atoms with Crippen molar-refractivity contribution in [1.82, 2.24) is 5.32 Å². The van der Waals surface area contributed by atoms with Crippen molar-refractivity contribution in [3.8, 4) is 22.6 Å². The molecule has 1 amide bonds. The zero-order valence-electron chi connectivity index (χ0n) is 16.6. The number of carbonyl (C=O) groups is 1. The van der Waals surface area contributed by atoms with Crippen molar-refractivity contribution in [2.24, 2.45) is 0 Å². The van der Waals surface area contributed by atoms with Crippen LogP contribution >= 0.6 is 0 Å². The van der Waals surface area contributed by atoms with Crippen molar-refractivity contribution in [2.45, 2.75) is 19.5 Å². The molecule has 2 aliphatic carbocycles. The van der Waals surface area contributed by atoms with Crippen LogP contribution in [0.2, 0.25) is 0 Å². The maximum Gasteiger partial charge on any atom is 0.255 e. The van der Waals surface area contributed by atoms with E-state index in [1.54, 1.807) is 13.2 Å². The Labute approximate surface area is 170 Å². The highest BCUT2D eigenvalue weighted by atomic mass is 16.5. The summed E-state index contributed by atoms with van der Waals surface area (Å²) in [5.41, 5.74) is 5.15. The van der Waals surface area contributed by atoms with Gasteiger partial charge < -0.3 is 20.1 Å². The van der Waals surface area contributed by atoms with Crippen LogP contribution in [0, 0.1) is 0 Å². The first-order valence-corrected chi connectivity index (χ1v) is 9.78. The minimum absolute atomic E-state index is 0.103. The van der Waals surface area contributed by atoms with Gasteiger partial charge in [-0.05, 0) is 35.7 Å². The van der Waals surface area contributed by atoms with Gasteiger partial charge in [-0.3, -0.25) is 4.79 Å². The Bertz CT molecular complexity index is 994. The Morgan fingerprint density at radius 3 is 2.24 bits per heavy atom. The van der Waals surface area contributed by atoms with Gasteiger partial charge in [0.25, 0.3) is 5.91 Å². The second kappa shape index (κ2) is 8.27. The van der Waals surface area contributed by atoms with Gasteiger partial charge in [-0.15, -0.1) is 0 Å². The number of nitrogens with one attached hydrogen (secondary N) is 2. The van der Waals surface area contributed by atoms with Crippen molar-refractivity contribution in [2.75, 3.05) is 19.0 Å². The van der Waals surface area contributed by atoms with Crippen molar-refractivity contribution in [3.63, 3.8) is 0 Å². The smallest absolute Gasteiger partial charge is 0.255 e. The summed E-state index contributed by atoms with van der Waals surface area (Å²) in [5, 5.41) is 6.32. The summed E-state index contributed by atoms with van der Waals surface area (Å²) >= 11 is 0. The third-order valence-electron chi connectivity index (χ3n) is 4.96. The molecule has 0 spiro atoms. The van der Waals surface area contributed by atoms with E-state index < -0.39 is 0 Å². The second-order valence-electron chi connectivity index (χ2n) is 6.90. The maximum atomic E-state index is 12.3. The molecule has 0 bridgehead atoms. The van der Waals surface area contributed by atoms with Crippen LogP contribution in [-0.4, -0.2) is 19.6 Å². The van der Waals surface area contributed by atoms with Gasteiger partial charge in [-0.1, -0.05) is 55.5 Å². The lowest BCUT2D eigenvalue weighted by molar-refractivity contribution is 0.0935. The number of hydrogen-bond donors (Lipinski definition) is 2. The van der Waals surface area contributed by atoms with Crippen molar-refractivity contribution in [3.05, 3.63) is 77.9 Å². The van der Waals surface area contributed by atoms with Gasteiger partial charge in [0.1, 0.15) is 6.17 Å². The molecule has 0 aromatic heterocycles. The molecule has 2 N–H and O–H groups in total. The first-order chi connectivity index (χ1) is 14.2. The van der Waals surface area contributed by atoms with Crippen LogP contribution in [-0.2, 0) is 0 Å². The standard InChI is InChI=1S/C18H20N2O3.C6H4/c1-3-11-23-16-13(8-6-10-15(16)22-2)17-19-14-9-5-4-7-12(14)18(21)20-17;1-2-6-4-3-5(1)6/h4-10,17,19H,3,11H2,1-2H3,(H,20,21);1-4H. The lowest BCUT2D eigenvalue weighted by atomic mass is 9.95. The quantitative estimate of drug-likeness (QED) is 0.505. The van der Waals surface area contributed by atoms with Crippen LogP contribution in [0.1, 0.15) is 35.4 Å². The van der Waals surface area contributed by atoms with E-state index in [2.05, 4.69) is 34.9 Å². The molecular weight excluding hydrogens is 364 g/mol. The van der Waals surface area contributed by atoms with Gasteiger partial charge in [-0.25, -0.2) is 0 Å². The molecule has 0 saturated carbocycles. The van der Waals surface area contributed by atoms with Gasteiger partial charge >= 0.3 is 0 Å². The average Bonchev–Trinajstić information content (AvgIpc) is 2.74. The number of carbonyl (C=O) groups excluding carboxylic acids is 1. The lowest BCUT2D eigenvalue weighted by Gasteiger charge is -2.29. The highest BCUT2D eigenvalue weighted by Gasteiger charge is 2.27. The molecule has 1 heterocycles. The number of para-hydroxylation sites is 2. The Kier molecular flexibility index (Phi) is 5.38. The Morgan fingerprint density at radius 1 is 0.897 bits per heavy atom. The molecule has 1 unspecified atom stereocenters. The maximum absolute atomic E-state index is 12.3. The summed E-state index contributed by atoms with van der Waals surface area (Å²) in [7, 11) is 1.61. The molecule has 5 rings (SSSR count). The van der Waals surface area contributed by atoms with E-state index in [9.17, 15) is 4.79 Å². The molecule has 29 heavy (non-hydrogen) atoms. The van der Waals surface area contributed by atoms with E-state index in [-0.39, 0.29) is 12.1 Å². The number of amides is 1. The minimum Gasteiger partial charge on any atom is -0.493 e. The predicted octanol–water partition coefficient (Wildman–Crippen LogP) is 5.01. The summed E-state index contributed by atoms with van der Waals surface area (Å²) in [4.78, 5) is 12.3. The van der Waals surface area contributed by atoms with Crippen molar-refractivity contribution >= 4 is 11.6 Å². The van der Waals surface area contributed by atoms with Crippen LogP contribution in [0.25, 0.3) is 11.1 Å². The predicted molar refractivity (Wildman–Crippen MR) is 114 cm³/mol. The number of fused-ring (bicyclic) bond motifs is 2. The summed E-state index contributed by atoms with van der Waals surface area (Å²) < 4.78 is 11.3. The molecule has 3 aliphatic rings. The van der Waals surface area contributed by atoms with Gasteiger partial charge in [0.15, 0.2) is 11.5 Å². The third-order valence-corrected chi connectivity index (χ3v) is 4.96. The fourth-order valence-corrected chi connectivity index (χ4v) is 3.31. The Balaban J connectivity index is 0.000000286. The summed E-state index contributed by atoms with van der Waals surface area (Å²) in [6, 6.07) is 21.6. The van der Waals surface area contributed by atoms with Crippen molar-refractivity contribution < 1.29 is 14.3 Å². The fraction of sp³-hybridized carbons (Fsp3) is 0.208. The monoisotopic (exact) mass is 388 g/mol. The van der Waals surface area contributed by atoms with Crippen LogP contribution in [0.5, 0.6) is 11.5 Å². The SMILES string of the molecule is CCCOc1c(OC)cccc1C1NC(=O)c2ccccc2N1.c1cc2ccc1-2. The molecule has 1 aliphatic heterocycles. The molecule has 0 saturated heterocycles. The number of hydrogen-bond acceptors (Lipinski definition) is 4. The Hall–Kier alpha value is -3.47. The summed E-state index contributed by atoms with van der Waals surface area (Å²) in [5.74, 6) is 1.22. The van der Waals surface area contributed by atoms with E-state index in [1.165, 1.54) is 11.1 Å². The first-order valence-electron chi connectivity index (χ1n) is 9.78. The van der Waals surface area contributed by atoms with Crippen LogP contribution in [0.3, 0.4) is 0 Å². The first kappa shape index (κ1) is 18.9. The molecule has 2 aromatic carbocycles. The third kappa shape index (κ3) is 3.76. The van der Waals surface area contributed by atoms with Gasteiger partial charge in [0.2, 0.25) is 0 Å². The summed E-state index contributed by atoms with van der Waals surface area (Å²) in [6.45, 7) is 2.64. The highest BCUT2D eigenvalue weighted by Crippen LogP contribution is 2.37. The fourth-order valence-electron chi connectivity index (χ4n) is 3.31. The van der Waals surface area contributed by atoms with E-state index in [0.29, 0.717) is 23.7 Å². The van der Waals surface area contributed by atoms with Gasteiger partial charge in [0, 0.05) is 11.3 Å². The molecule has 5 nitrogen and oxygen atoms in total. The highest BCUT2D eigenvalue weighted by molar-refractivity contribution is 6.01. The van der Waals surface area contributed by atoms with Gasteiger partial charge in [0.05, 0.1) is 19.3 Å². The molecule has 0 radical (unpaired) electrons. The van der Waals surface area contributed by atoms with E-state index in [0.717, 1.165) is 17.7 Å². The topological polar surface area (TPSA) is 59.6 Å². The largest absolute Gasteiger partial charge is 0.493 e. The number of anilines is 1. The minimum atomic E-state index is -0.362. The number of ether oxygens (including phenoxy) is 2. The number of benzene rings is 3. The van der Waals surface area contributed by atoms with Gasteiger partial charge in [-0.2, -0.15) is 0 Å². The molecule has 5 heteroatoms. The molecule has 1 atom stereocenters. The molecular formula is C24H24N2O3. The average molecular weight is 388 g/mol. The summed E-state index contributed by atoms with van der Waals surface area (Å²) in [6.07, 6.45) is 0.532.